The van der Waals surface area contributed by atoms with E-state index in [-0.39, 0.29) is 12.6 Å². The van der Waals surface area contributed by atoms with Crippen LogP contribution in [0.5, 0.6) is 5.75 Å². The summed E-state index contributed by atoms with van der Waals surface area (Å²) in [6.45, 7) is 3.38. The summed E-state index contributed by atoms with van der Waals surface area (Å²) in [4.78, 5) is 12.6. The van der Waals surface area contributed by atoms with Gasteiger partial charge in [-0.05, 0) is 74.9 Å². The Balaban J connectivity index is 1.69. The van der Waals surface area contributed by atoms with E-state index in [0.29, 0.717) is 11.4 Å². The summed E-state index contributed by atoms with van der Waals surface area (Å²) in [5, 5.41) is 2.77. The summed E-state index contributed by atoms with van der Waals surface area (Å²) in [6, 6.07) is 12.7. The monoisotopic (exact) mass is 416 g/mol. The molecule has 0 aliphatic heterocycles. The van der Waals surface area contributed by atoms with E-state index in [1.54, 1.807) is 12.1 Å². The van der Waals surface area contributed by atoms with E-state index >= 15 is 0 Å². The van der Waals surface area contributed by atoms with Crippen LogP contribution < -0.4 is 14.4 Å². The smallest absolute Gasteiger partial charge is 0.245 e. The van der Waals surface area contributed by atoms with E-state index in [1.807, 2.05) is 44.2 Å². The first-order valence-corrected chi connectivity index (χ1v) is 11.7. The molecule has 29 heavy (non-hydrogen) atoms. The van der Waals surface area contributed by atoms with Crippen molar-refractivity contribution < 1.29 is 17.9 Å². The van der Waals surface area contributed by atoms with Crippen molar-refractivity contribution in [1.82, 2.24) is 0 Å². The second kappa shape index (κ2) is 8.86. The normalized spacial score (nSPS) is 14.6. The largest absolute Gasteiger partial charge is 0.490 e. The quantitative estimate of drug-likeness (QED) is 0.739. The minimum atomic E-state index is -3.62. The van der Waals surface area contributed by atoms with Crippen LogP contribution >= 0.6 is 0 Å². The molecule has 0 radical (unpaired) electrons. The van der Waals surface area contributed by atoms with Crippen LogP contribution in [-0.2, 0) is 14.8 Å². The standard InChI is InChI=1S/C22H28N2O4S/c1-16-7-6-8-17(2)22(16)24(29(3,26)27)15-21(25)23-18-11-13-20(14-12-18)28-19-9-4-5-10-19/h6-8,11-14,19H,4-5,9-10,15H2,1-3H3,(H,23,25). The Morgan fingerprint density at radius 1 is 1.07 bits per heavy atom. The van der Waals surface area contributed by atoms with Crippen molar-refractivity contribution in [3.8, 4) is 5.75 Å². The van der Waals surface area contributed by atoms with E-state index in [2.05, 4.69) is 5.32 Å². The molecule has 0 heterocycles. The predicted octanol–water partition coefficient (Wildman–Crippen LogP) is 4.03. The Hall–Kier alpha value is -2.54. The van der Waals surface area contributed by atoms with Gasteiger partial charge < -0.3 is 10.1 Å². The van der Waals surface area contributed by atoms with Gasteiger partial charge in [0.2, 0.25) is 15.9 Å². The molecule has 0 unspecified atom stereocenters. The highest BCUT2D eigenvalue weighted by Gasteiger charge is 2.24. The minimum absolute atomic E-state index is 0.274. The molecule has 3 rings (SSSR count). The van der Waals surface area contributed by atoms with Gasteiger partial charge in [0, 0.05) is 5.69 Å². The molecular weight excluding hydrogens is 388 g/mol. The maximum absolute atomic E-state index is 12.6. The first-order chi connectivity index (χ1) is 13.7. The van der Waals surface area contributed by atoms with Crippen LogP contribution in [0.1, 0.15) is 36.8 Å². The van der Waals surface area contributed by atoms with Crippen molar-refractivity contribution in [2.45, 2.75) is 45.6 Å². The third-order valence-electron chi connectivity index (χ3n) is 5.12. The number of carbonyl (C=O) groups excluding carboxylic acids is 1. The Kier molecular flexibility index (Phi) is 6.47. The molecule has 1 aliphatic carbocycles. The average Bonchev–Trinajstić information content (AvgIpc) is 3.14. The fraction of sp³-hybridized carbons (Fsp3) is 0.409. The van der Waals surface area contributed by atoms with Gasteiger partial charge in [-0.2, -0.15) is 0 Å². The fourth-order valence-electron chi connectivity index (χ4n) is 3.71. The Bertz CT molecular complexity index is 945. The molecule has 1 N–H and O–H groups in total. The number of anilines is 2. The molecule has 2 aromatic rings. The SMILES string of the molecule is Cc1cccc(C)c1N(CC(=O)Nc1ccc(OC2CCCC2)cc1)S(C)(=O)=O. The molecular formula is C22H28N2O4S. The van der Waals surface area contributed by atoms with Gasteiger partial charge in [-0.1, -0.05) is 18.2 Å². The molecule has 7 heteroatoms. The van der Waals surface area contributed by atoms with Crippen LogP contribution in [0.3, 0.4) is 0 Å². The molecule has 156 valence electrons. The lowest BCUT2D eigenvalue weighted by molar-refractivity contribution is -0.114. The van der Waals surface area contributed by atoms with Crippen molar-refractivity contribution in [2.24, 2.45) is 0 Å². The molecule has 0 bridgehead atoms. The van der Waals surface area contributed by atoms with Crippen LogP contribution in [0, 0.1) is 13.8 Å². The Labute approximate surface area is 172 Å². The number of aryl methyl sites for hydroxylation is 2. The van der Waals surface area contributed by atoms with Crippen molar-refractivity contribution >= 4 is 27.3 Å². The van der Waals surface area contributed by atoms with Gasteiger partial charge in [-0.15, -0.1) is 0 Å². The second-order valence-electron chi connectivity index (χ2n) is 7.61. The lowest BCUT2D eigenvalue weighted by Gasteiger charge is -2.25. The van der Waals surface area contributed by atoms with E-state index < -0.39 is 15.9 Å². The van der Waals surface area contributed by atoms with E-state index in [0.717, 1.165) is 40.3 Å². The Morgan fingerprint density at radius 3 is 2.21 bits per heavy atom. The van der Waals surface area contributed by atoms with Gasteiger partial charge >= 0.3 is 0 Å². The topological polar surface area (TPSA) is 75.7 Å². The van der Waals surface area contributed by atoms with Gasteiger partial charge in [0.05, 0.1) is 18.0 Å². The van der Waals surface area contributed by atoms with Crippen molar-refractivity contribution in [3.63, 3.8) is 0 Å². The molecule has 6 nitrogen and oxygen atoms in total. The summed E-state index contributed by atoms with van der Waals surface area (Å²) in [6.07, 6.45) is 5.96. The minimum Gasteiger partial charge on any atom is -0.490 e. The van der Waals surface area contributed by atoms with Gasteiger partial charge in [0.15, 0.2) is 0 Å². The summed E-state index contributed by atoms with van der Waals surface area (Å²) in [5.74, 6) is 0.380. The lowest BCUT2D eigenvalue weighted by Crippen LogP contribution is -2.38. The molecule has 0 atom stereocenters. The second-order valence-corrected chi connectivity index (χ2v) is 9.51. The highest BCUT2D eigenvalue weighted by atomic mass is 32.2. The van der Waals surface area contributed by atoms with E-state index in [1.165, 1.54) is 12.8 Å². The Morgan fingerprint density at radius 2 is 1.66 bits per heavy atom. The summed E-state index contributed by atoms with van der Waals surface area (Å²) in [5.41, 5.74) is 2.75. The van der Waals surface area contributed by atoms with Gasteiger partial charge in [-0.25, -0.2) is 8.42 Å². The summed E-state index contributed by atoms with van der Waals surface area (Å²) in [7, 11) is -3.62. The number of rotatable bonds is 7. The molecule has 0 aromatic heterocycles. The zero-order valence-electron chi connectivity index (χ0n) is 17.1. The number of hydrogen-bond donors (Lipinski definition) is 1. The van der Waals surface area contributed by atoms with E-state index in [9.17, 15) is 13.2 Å². The number of ether oxygens (including phenoxy) is 1. The molecule has 1 fully saturated rings. The summed E-state index contributed by atoms with van der Waals surface area (Å²) < 4.78 is 31.8. The third-order valence-corrected chi connectivity index (χ3v) is 6.23. The van der Waals surface area contributed by atoms with Gasteiger partial charge in [-0.3, -0.25) is 9.10 Å². The summed E-state index contributed by atoms with van der Waals surface area (Å²) >= 11 is 0. The molecule has 0 spiro atoms. The number of benzene rings is 2. The average molecular weight is 417 g/mol. The number of para-hydroxylation sites is 1. The fourth-order valence-corrected chi connectivity index (χ4v) is 4.68. The number of hydrogen-bond acceptors (Lipinski definition) is 4. The lowest BCUT2D eigenvalue weighted by atomic mass is 10.1. The number of nitrogens with zero attached hydrogens (tertiary/aromatic N) is 1. The highest BCUT2D eigenvalue weighted by molar-refractivity contribution is 7.92. The van der Waals surface area contributed by atoms with Gasteiger partial charge in [0.25, 0.3) is 0 Å². The van der Waals surface area contributed by atoms with Crippen molar-refractivity contribution in [3.05, 3.63) is 53.6 Å². The zero-order chi connectivity index (χ0) is 21.0. The van der Waals surface area contributed by atoms with Crippen LogP contribution in [0.2, 0.25) is 0 Å². The highest BCUT2D eigenvalue weighted by Crippen LogP contribution is 2.27. The number of carbonyl (C=O) groups is 1. The number of sulfonamides is 1. The third kappa shape index (κ3) is 5.50. The number of amides is 1. The maximum atomic E-state index is 12.6. The molecule has 1 amide bonds. The number of nitrogens with one attached hydrogen (secondary N) is 1. The van der Waals surface area contributed by atoms with Crippen LogP contribution in [0.25, 0.3) is 0 Å². The molecule has 2 aromatic carbocycles. The molecule has 0 saturated heterocycles. The zero-order valence-corrected chi connectivity index (χ0v) is 18.0. The van der Waals surface area contributed by atoms with Crippen molar-refractivity contribution in [2.75, 3.05) is 22.4 Å². The van der Waals surface area contributed by atoms with Gasteiger partial charge in [0.1, 0.15) is 12.3 Å². The van der Waals surface area contributed by atoms with Crippen LogP contribution in [-0.4, -0.2) is 33.2 Å². The molecule has 1 saturated carbocycles. The maximum Gasteiger partial charge on any atom is 0.245 e. The van der Waals surface area contributed by atoms with E-state index in [4.69, 9.17) is 4.74 Å². The predicted molar refractivity (Wildman–Crippen MR) is 116 cm³/mol. The van der Waals surface area contributed by atoms with Crippen LogP contribution in [0.4, 0.5) is 11.4 Å². The van der Waals surface area contributed by atoms with Crippen molar-refractivity contribution in [1.29, 1.82) is 0 Å². The molecule has 1 aliphatic rings. The van der Waals surface area contributed by atoms with Crippen LogP contribution in [0.15, 0.2) is 42.5 Å². The first-order valence-electron chi connectivity index (χ1n) is 9.84. The first kappa shape index (κ1) is 21.2.